The summed E-state index contributed by atoms with van der Waals surface area (Å²) in [4.78, 5) is 9.04. The van der Waals surface area contributed by atoms with Gasteiger partial charge in [0.2, 0.25) is 5.95 Å². The molecular weight excluding hydrogens is 442 g/mol. The van der Waals surface area contributed by atoms with Crippen molar-refractivity contribution in [3.05, 3.63) is 47.9 Å². The zero-order chi connectivity index (χ0) is 24.7. The fraction of sp³-hybridized carbons (Fsp3) is 0.440. The maximum Gasteiger partial charge on any atom is 0.227 e. The molecular formula is C25H33N7OSi. The van der Waals surface area contributed by atoms with Gasteiger partial charge in [0.25, 0.3) is 0 Å². The molecule has 1 unspecified atom stereocenters. The standard InChI is InChI=1S/C25H33N7OSi/c1-24(2,3)34(6,7)33-16-25(4)15-28-22-18(12-26)10-17(11-20(22)25)21-8-9-27-23(31-21)30-19-13-29-32(5)14-19/h8-11,13-14,28H,15-16H2,1-7H3,(H,27,30,31). The number of nitriles is 1. The van der Waals surface area contributed by atoms with E-state index in [1.54, 1.807) is 17.1 Å². The second-order valence-electron chi connectivity index (χ2n) is 10.8. The van der Waals surface area contributed by atoms with Crippen LogP contribution in [0.5, 0.6) is 0 Å². The molecule has 0 saturated heterocycles. The molecule has 0 amide bonds. The van der Waals surface area contributed by atoms with Gasteiger partial charge in [0.15, 0.2) is 8.32 Å². The van der Waals surface area contributed by atoms with Crippen LogP contribution in [0.25, 0.3) is 11.3 Å². The number of nitrogens with one attached hydrogen (secondary N) is 2. The fourth-order valence-corrected chi connectivity index (χ4v) is 4.92. The maximum atomic E-state index is 9.89. The van der Waals surface area contributed by atoms with E-state index in [1.165, 1.54) is 0 Å². The van der Waals surface area contributed by atoms with Crippen LogP contribution in [0.15, 0.2) is 36.8 Å². The summed E-state index contributed by atoms with van der Waals surface area (Å²) in [5.41, 5.74) is 4.82. The third kappa shape index (κ3) is 4.56. The zero-order valence-corrected chi connectivity index (χ0v) is 22.0. The van der Waals surface area contributed by atoms with Crippen molar-refractivity contribution in [1.29, 1.82) is 5.26 Å². The molecule has 34 heavy (non-hydrogen) atoms. The third-order valence-corrected chi connectivity index (χ3v) is 11.5. The minimum atomic E-state index is -1.91. The molecule has 1 aromatic carbocycles. The highest BCUT2D eigenvalue weighted by Crippen LogP contribution is 2.43. The van der Waals surface area contributed by atoms with Crippen LogP contribution in [-0.2, 0) is 16.9 Å². The first-order chi connectivity index (χ1) is 15.9. The monoisotopic (exact) mass is 475 g/mol. The van der Waals surface area contributed by atoms with Crippen LogP contribution in [0.3, 0.4) is 0 Å². The smallest absolute Gasteiger partial charge is 0.227 e. The third-order valence-electron chi connectivity index (χ3n) is 7.03. The molecule has 1 aliphatic heterocycles. The highest BCUT2D eigenvalue weighted by Gasteiger charge is 2.42. The molecule has 8 nitrogen and oxygen atoms in total. The molecule has 2 N–H and O–H groups in total. The van der Waals surface area contributed by atoms with Crippen LogP contribution in [0, 0.1) is 11.3 Å². The number of rotatable bonds is 6. The lowest BCUT2D eigenvalue weighted by Crippen LogP contribution is -2.45. The Bertz CT molecular complexity index is 1250. The van der Waals surface area contributed by atoms with E-state index in [2.05, 4.69) is 73.6 Å². The van der Waals surface area contributed by atoms with Crippen molar-refractivity contribution in [2.45, 2.75) is 51.2 Å². The van der Waals surface area contributed by atoms with Crippen LogP contribution in [0.2, 0.25) is 18.1 Å². The van der Waals surface area contributed by atoms with Gasteiger partial charge in [0.1, 0.15) is 6.07 Å². The van der Waals surface area contributed by atoms with Crippen molar-refractivity contribution >= 4 is 25.6 Å². The van der Waals surface area contributed by atoms with Crippen LogP contribution in [0.4, 0.5) is 17.3 Å². The van der Waals surface area contributed by atoms with Gasteiger partial charge in [-0.2, -0.15) is 10.4 Å². The fourth-order valence-electron chi connectivity index (χ4n) is 3.80. The first kappa shape index (κ1) is 23.9. The summed E-state index contributed by atoms with van der Waals surface area (Å²) in [5, 5.41) is 20.8. The zero-order valence-electron chi connectivity index (χ0n) is 21.0. The molecule has 0 fully saturated rings. The summed E-state index contributed by atoms with van der Waals surface area (Å²) < 4.78 is 8.33. The van der Waals surface area contributed by atoms with Gasteiger partial charge in [-0.25, -0.2) is 9.97 Å². The van der Waals surface area contributed by atoms with Gasteiger partial charge in [-0.05, 0) is 41.9 Å². The second kappa shape index (κ2) is 8.53. The number of aryl methyl sites for hydroxylation is 1. The van der Waals surface area contributed by atoms with Crippen molar-refractivity contribution in [2.24, 2.45) is 7.05 Å². The lowest BCUT2D eigenvalue weighted by molar-refractivity contribution is 0.220. The predicted molar refractivity (Wildman–Crippen MR) is 138 cm³/mol. The molecule has 4 rings (SSSR count). The van der Waals surface area contributed by atoms with E-state index in [0.29, 0.717) is 18.1 Å². The van der Waals surface area contributed by atoms with E-state index in [4.69, 9.17) is 9.41 Å². The summed E-state index contributed by atoms with van der Waals surface area (Å²) in [6, 6.07) is 8.26. The maximum absolute atomic E-state index is 9.89. The number of fused-ring (bicyclic) bond motifs is 1. The lowest BCUT2D eigenvalue weighted by atomic mass is 9.83. The normalized spacial score (nSPS) is 17.7. The Balaban J connectivity index is 1.67. The SMILES string of the molecule is Cn1cc(Nc2nccc(-c3cc(C#N)c4c(c3)C(C)(CO[Si](C)(C)C(C)(C)C)CN4)n2)cn1. The van der Waals surface area contributed by atoms with Gasteiger partial charge in [0.05, 0.1) is 28.8 Å². The highest BCUT2D eigenvalue weighted by atomic mass is 28.4. The van der Waals surface area contributed by atoms with Crippen LogP contribution >= 0.6 is 0 Å². The Morgan fingerprint density at radius 1 is 1.32 bits per heavy atom. The molecule has 2 aromatic heterocycles. The second-order valence-corrected chi connectivity index (χ2v) is 15.6. The molecule has 0 aliphatic carbocycles. The minimum absolute atomic E-state index is 0.135. The molecule has 0 radical (unpaired) electrons. The number of hydrogen-bond acceptors (Lipinski definition) is 7. The molecule has 9 heteroatoms. The summed E-state index contributed by atoms with van der Waals surface area (Å²) in [7, 11) is -0.0541. The number of benzene rings is 1. The van der Waals surface area contributed by atoms with Crippen molar-refractivity contribution in [3.63, 3.8) is 0 Å². The van der Waals surface area contributed by atoms with Crippen LogP contribution < -0.4 is 10.6 Å². The van der Waals surface area contributed by atoms with Gasteiger partial charge in [0, 0.05) is 43.6 Å². The first-order valence-corrected chi connectivity index (χ1v) is 14.4. The number of hydrogen-bond donors (Lipinski definition) is 2. The Kier molecular flexibility index (Phi) is 6.00. The van der Waals surface area contributed by atoms with Crippen LogP contribution in [0.1, 0.15) is 38.8 Å². The lowest BCUT2D eigenvalue weighted by Gasteiger charge is -2.39. The topological polar surface area (TPSA) is 101 Å². The molecule has 3 aromatic rings. The number of nitrogens with zero attached hydrogens (tertiary/aromatic N) is 5. The van der Waals surface area contributed by atoms with Gasteiger partial charge >= 0.3 is 0 Å². The molecule has 3 heterocycles. The molecule has 1 atom stereocenters. The Labute approximate surface area is 202 Å². The number of aromatic nitrogens is 4. The summed E-state index contributed by atoms with van der Waals surface area (Å²) in [5.74, 6) is 0.478. The van der Waals surface area contributed by atoms with Crippen LogP contribution in [-0.4, -0.2) is 41.2 Å². The largest absolute Gasteiger partial charge is 0.416 e. The van der Waals surface area contributed by atoms with Gasteiger partial charge < -0.3 is 15.1 Å². The average molecular weight is 476 g/mol. The molecule has 1 aliphatic rings. The summed E-state index contributed by atoms with van der Waals surface area (Å²) in [6.45, 7) is 14.8. The molecule has 0 saturated carbocycles. The van der Waals surface area contributed by atoms with Gasteiger partial charge in [-0.15, -0.1) is 0 Å². The average Bonchev–Trinajstić information content (AvgIpc) is 3.34. The van der Waals surface area contributed by atoms with Crippen molar-refractivity contribution < 1.29 is 4.43 Å². The van der Waals surface area contributed by atoms with E-state index >= 15 is 0 Å². The summed E-state index contributed by atoms with van der Waals surface area (Å²) in [6.07, 6.45) is 5.30. The van der Waals surface area contributed by atoms with Crippen molar-refractivity contribution in [3.8, 4) is 17.3 Å². The Morgan fingerprint density at radius 2 is 2.09 bits per heavy atom. The summed E-state index contributed by atoms with van der Waals surface area (Å²) >= 11 is 0. The van der Waals surface area contributed by atoms with E-state index < -0.39 is 8.32 Å². The van der Waals surface area contributed by atoms with Gasteiger partial charge in [-0.3, -0.25) is 4.68 Å². The Morgan fingerprint density at radius 3 is 2.74 bits per heavy atom. The van der Waals surface area contributed by atoms with E-state index in [0.717, 1.165) is 34.7 Å². The highest BCUT2D eigenvalue weighted by molar-refractivity contribution is 6.74. The minimum Gasteiger partial charge on any atom is -0.416 e. The van der Waals surface area contributed by atoms with E-state index in [9.17, 15) is 5.26 Å². The Hall–Kier alpha value is -3.22. The molecule has 0 spiro atoms. The van der Waals surface area contributed by atoms with E-state index in [-0.39, 0.29) is 10.5 Å². The van der Waals surface area contributed by atoms with Crippen molar-refractivity contribution in [1.82, 2.24) is 19.7 Å². The van der Waals surface area contributed by atoms with Crippen molar-refractivity contribution in [2.75, 3.05) is 23.8 Å². The predicted octanol–water partition coefficient (Wildman–Crippen LogP) is 5.20. The van der Waals surface area contributed by atoms with E-state index in [1.807, 2.05) is 25.4 Å². The molecule has 0 bridgehead atoms. The first-order valence-electron chi connectivity index (χ1n) is 11.5. The van der Waals surface area contributed by atoms with Gasteiger partial charge in [-0.1, -0.05) is 27.7 Å². The quantitative estimate of drug-likeness (QED) is 0.473. The number of anilines is 3. The molecule has 178 valence electrons.